The Kier molecular flexibility index (Phi) is 6.64. The van der Waals surface area contributed by atoms with Gasteiger partial charge in [0.15, 0.2) is 0 Å². The number of likely N-dealkylation sites (tertiary alicyclic amines) is 1. The van der Waals surface area contributed by atoms with Crippen LogP contribution in [0.15, 0.2) is 24.3 Å². The Balaban J connectivity index is 1.98. The molecule has 1 N–H and O–H groups in total. The Morgan fingerprint density at radius 1 is 1.24 bits per heavy atom. The lowest BCUT2D eigenvalue weighted by Crippen LogP contribution is -2.36. The van der Waals surface area contributed by atoms with Gasteiger partial charge in [-0.1, -0.05) is 45.0 Å². The molecule has 1 aromatic rings. The lowest BCUT2D eigenvalue weighted by molar-refractivity contribution is -0.138. The molecule has 1 heterocycles. The molecule has 1 aliphatic rings. The maximum Gasteiger partial charge on any atom is 0.317 e. The number of nitrogens with zero attached hydrogens (tertiary/aromatic N) is 2. The lowest BCUT2D eigenvalue weighted by Gasteiger charge is -2.29. The monoisotopic (exact) mass is 346 g/mol. The summed E-state index contributed by atoms with van der Waals surface area (Å²) in [6.07, 6.45) is 3.24. The zero-order chi connectivity index (χ0) is 18.6. The molecular formula is C21H34N2O2. The normalized spacial score (nSPS) is 21.1. The second kappa shape index (κ2) is 8.33. The molecule has 0 amide bonds. The van der Waals surface area contributed by atoms with E-state index >= 15 is 0 Å². The molecule has 1 saturated heterocycles. The molecule has 4 heteroatoms. The summed E-state index contributed by atoms with van der Waals surface area (Å²) in [5.41, 5.74) is 2.92. The molecule has 0 aromatic heterocycles. The highest BCUT2D eigenvalue weighted by Gasteiger charge is 2.24. The molecule has 2 rings (SSSR count). The van der Waals surface area contributed by atoms with Crippen molar-refractivity contribution in [2.75, 3.05) is 26.7 Å². The maximum absolute atomic E-state index is 10.9. The summed E-state index contributed by atoms with van der Waals surface area (Å²) in [4.78, 5) is 15.5. The number of benzene rings is 1. The van der Waals surface area contributed by atoms with Gasteiger partial charge in [0.25, 0.3) is 0 Å². The van der Waals surface area contributed by atoms with Crippen LogP contribution in [0.4, 0.5) is 0 Å². The van der Waals surface area contributed by atoms with Gasteiger partial charge in [-0.05, 0) is 56.3 Å². The Labute approximate surface area is 152 Å². The molecule has 1 aromatic carbocycles. The average molecular weight is 347 g/mol. The van der Waals surface area contributed by atoms with Crippen LogP contribution >= 0.6 is 0 Å². The molecule has 0 saturated carbocycles. The number of carbonyl (C=O) groups is 1. The number of carboxylic acids is 1. The number of hydrogen-bond donors (Lipinski definition) is 1. The third-order valence-corrected chi connectivity index (χ3v) is 5.55. The molecule has 0 spiro atoms. The number of hydrogen-bond acceptors (Lipinski definition) is 3. The van der Waals surface area contributed by atoms with Gasteiger partial charge in [-0.3, -0.25) is 14.6 Å². The van der Waals surface area contributed by atoms with Gasteiger partial charge < -0.3 is 5.11 Å². The van der Waals surface area contributed by atoms with Gasteiger partial charge in [0, 0.05) is 18.6 Å². The van der Waals surface area contributed by atoms with Crippen LogP contribution in [0, 0.1) is 0 Å². The van der Waals surface area contributed by atoms with Crippen LogP contribution in [0.3, 0.4) is 0 Å². The minimum absolute atomic E-state index is 0.133. The SMILES string of the molecule is CC(c1ccc(C(C)(C)C)cc1)N1CCCC(N(C)CC(=O)O)CC1. The first-order valence-electron chi connectivity index (χ1n) is 9.45. The number of likely N-dealkylation sites (N-methyl/N-ethyl adjacent to an activating group) is 1. The highest BCUT2D eigenvalue weighted by atomic mass is 16.4. The van der Waals surface area contributed by atoms with Crippen LogP contribution in [-0.2, 0) is 10.2 Å². The first-order chi connectivity index (χ1) is 11.7. The predicted octanol–water partition coefficient (Wildman–Crippen LogP) is 3.92. The Morgan fingerprint density at radius 3 is 2.44 bits per heavy atom. The summed E-state index contributed by atoms with van der Waals surface area (Å²) in [7, 11) is 1.93. The lowest BCUT2D eigenvalue weighted by atomic mass is 9.86. The van der Waals surface area contributed by atoms with Gasteiger partial charge in [0.1, 0.15) is 0 Å². The fourth-order valence-corrected chi connectivity index (χ4v) is 3.74. The quantitative estimate of drug-likeness (QED) is 0.878. The second-order valence-corrected chi connectivity index (χ2v) is 8.48. The van der Waals surface area contributed by atoms with Crippen molar-refractivity contribution >= 4 is 5.97 Å². The van der Waals surface area contributed by atoms with E-state index in [-0.39, 0.29) is 12.0 Å². The first kappa shape index (κ1) is 19.9. The average Bonchev–Trinajstić information content (AvgIpc) is 2.79. The number of aliphatic carboxylic acids is 1. The van der Waals surface area contributed by atoms with Gasteiger partial charge in [-0.2, -0.15) is 0 Å². The fraction of sp³-hybridized carbons (Fsp3) is 0.667. The Hall–Kier alpha value is -1.39. The molecule has 1 fully saturated rings. The van der Waals surface area contributed by atoms with Gasteiger partial charge >= 0.3 is 5.97 Å². The van der Waals surface area contributed by atoms with E-state index < -0.39 is 5.97 Å². The van der Waals surface area contributed by atoms with Crippen molar-refractivity contribution in [3.8, 4) is 0 Å². The Bertz CT molecular complexity index is 562. The molecule has 4 nitrogen and oxygen atoms in total. The molecule has 2 atom stereocenters. The van der Waals surface area contributed by atoms with E-state index in [0.29, 0.717) is 12.1 Å². The van der Waals surface area contributed by atoms with E-state index in [4.69, 9.17) is 5.11 Å². The van der Waals surface area contributed by atoms with Crippen molar-refractivity contribution in [1.82, 2.24) is 9.80 Å². The highest BCUT2D eigenvalue weighted by molar-refractivity contribution is 5.69. The van der Waals surface area contributed by atoms with Crippen molar-refractivity contribution in [1.29, 1.82) is 0 Å². The molecule has 140 valence electrons. The van der Waals surface area contributed by atoms with Gasteiger partial charge in [0.2, 0.25) is 0 Å². The minimum atomic E-state index is -0.740. The van der Waals surface area contributed by atoms with Crippen LogP contribution in [0.25, 0.3) is 0 Å². The fourth-order valence-electron chi connectivity index (χ4n) is 3.74. The second-order valence-electron chi connectivity index (χ2n) is 8.48. The summed E-state index contributed by atoms with van der Waals surface area (Å²) in [6, 6.07) is 9.82. The largest absolute Gasteiger partial charge is 0.480 e. The van der Waals surface area contributed by atoms with Crippen LogP contribution in [-0.4, -0.2) is 53.6 Å². The smallest absolute Gasteiger partial charge is 0.317 e. The van der Waals surface area contributed by atoms with Crippen molar-refractivity contribution in [2.45, 2.75) is 64.5 Å². The molecular weight excluding hydrogens is 312 g/mol. The Morgan fingerprint density at radius 2 is 1.88 bits per heavy atom. The van der Waals surface area contributed by atoms with Crippen molar-refractivity contribution in [3.63, 3.8) is 0 Å². The summed E-state index contributed by atoms with van der Waals surface area (Å²) < 4.78 is 0. The summed E-state index contributed by atoms with van der Waals surface area (Å²) >= 11 is 0. The third kappa shape index (κ3) is 5.55. The van der Waals surface area contributed by atoms with E-state index in [2.05, 4.69) is 56.9 Å². The van der Waals surface area contributed by atoms with Gasteiger partial charge in [-0.15, -0.1) is 0 Å². The van der Waals surface area contributed by atoms with E-state index in [1.54, 1.807) is 0 Å². The summed E-state index contributed by atoms with van der Waals surface area (Å²) in [5.74, 6) is -0.740. The van der Waals surface area contributed by atoms with E-state index in [0.717, 1.165) is 32.4 Å². The molecule has 1 aliphatic heterocycles. The standard InChI is InChI=1S/C21H34N2O2/c1-16(17-8-10-18(11-9-17)21(2,3)4)23-13-6-7-19(12-14-23)22(5)15-20(24)25/h8-11,16,19H,6-7,12-15H2,1-5H3,(H,24,25). The molecule has 25 heavy (non-hydrogen) atoms. The zero-order valence-electron chi connectivity index (χ0n) is 16.5. The highest BCUT2D eigenvalue weighted by Crippen LogP contribution is 2.28. The van der Waals surface area contributed by atoms with Crippen LogP contribution in [0.2, 0.25) is 0 Å². The van der Waals surface area contributed by atoms with Gasteiger partial charge in [-0.25, -0.2) is 0 Å². The van der Waals surface area contributed by atoms with Crippen LogP contribution in [0.5, 0.6) is 0 Å². The zero-order valence-corrected chi connectivity index (χ0v) is 16.5. The van der Waals surface area contributed by atoms with E-state index in [1.807, 2.05) is 11.9 Å². The van der Waals surface area contributed by atoms with Gasteiger partial charge in [0.05, 0.1) is 6.54 Å². The van der Waals surface area contributed by atoms with Crippen molar-refractivity contribution in [3.05, 3.63) is 35.4 Å². The van der Waals surface area contributed by atoms with Crippen molar-refractivity contribution < 1.29 is 9.90 Å². The summed E-state index contributed by atoms with van der Waals surface area (Å²) in [6.45, 7) is 11.3. The number of carboxylic acid groups (broad SMARTS) is 1. The van der Waals surface area contributed by atoms with E-state index in [1.165, 1.54) is 11.1 Å². The number of rotatable bonds is 5. The third-order valence-electron chi connectivity index (χ3n) is 5.55. The molecule has 0 aliphatic carbocycles. The molecule has 0 bridgehead atoms. The molecule has 0 radical (unpaired) electrons. The van der Waals surface area contributed by atoms with Crippen molar-refractivity contribution in [2.24, 2.45) is 0 Å². The van der Waals surface area contributed by atoms with Crippen LogP contribution < -0.4 is 0 Å². The predicted molar refractivity (Wildman–Crippen MR) is 103 cm³/mol. The summed E-state index contributed by atoms with van der Waals surface area (Å²) in [5, 5.41) is 9.00. The van der Waals surface area contributed by atoms with E-state index in [9.17, 15) is 4.79 Å². The molecule has 2 unspecified atom stereocenters. The first-order valence-corrected chi connectivity index (χ1v) is 9.45. The maximum atomic E-state index is 10.9. The minimum Gasteiger partial charge on any atom is -0.480 e. The topological polar surface area (TPSA) is 43.8 Å². The van der Waals surface area contributed by atoms with Crippen LogP contribution in [0.1, 0.15) is 64.1 Å².